The van der Waals surface area contributed by atoms with Gasteiger partial charge in [-0.05, 0) is 6.07 Å². The summed E-state index contributed by atoms with van der Waals surface area (Å²) in [6, 6.07) is 1.35. The van der Waals surface area contributed by atoms with E-state index in [1.807, 2.05) is 0 Å². The summed E-state index contributed by atoms with van der Waals surface area (Å²) in [4.78, 5) is 33.8. The molecule has 0 aliphatic carbocycles. The topological polar surface area (TPSA) is 113 Å². The van der Waals surface area contributed by atoms with Gasteiger partial charge in [-0.25, -0.2) is 13.8 Å². The van der Waals surface area contributed by atoms with Crippen LogP contribution in [0.5, 0.6) is 0 Å². The van der Waals surface area contributed by atoms with Gasteiger partial charge in [0.1, 0.15) is 22.9 Å². The minimum absolute atomic E-state index is 0.00685. The highest BCUT2D eigenvalue weighted by Gasteiger charge is 2.35. The van der Waals surface area contributed by atoms with Gasteiger partial charge in [0.15, 0.2) is 0 Å². The summed E-state index contributed by atoms with van der Waals surface area (Å²) >= 11 is 0. The van der Waals surface area contributed by atoms with Crippen molar-refractivity contribution in [3.8, 4) is 5.69 Å². The molecule has 1 aromatic carbocycles. The van der Waals surface area contributed by atoms with Crippen molar-refractivity contribution < 1.29 is 22.5 Å². The van der Waals surface area contributed by atoms with Crippen LogP contribution in [0.3, 0.4) is 0 Å². The fourth-order valence-corrected chi connectivity index (χ4v) is 2.06. The Kier molecular flexibility index (Phi) is 3.92. The Labute approximate surface area is 129 Å². The molecule has 8 nitrogen and oxygen atoms in total. The number of hydrogen-bond donors (Lipinski definition) is 1. The Hall–Kier alpha value is -3.18. The minimum atomic E-state index is -5.00. The number of nitro groups is 1. The minimum Gasteiger partial charge on any atom is -0.391 e. The third-order valence-electron chi connectivity index (χ3n) is 3.18. The van der Waals surface area contributed by atoms with Gasteiger partial charge in [0.25, 0.3) is 11.2 Å². The number of nitro benzene ring substituents is 1. The van der Waals surface area contributed by atoms with E-state index in [0.717, 1.165) is 0 Å². The molecule has 2 N–H and O–H groups in total. The molecule has 0 unspecified atom stereocenters. The van der Waals surface area contributed by atoms with E-state index in [0.29, 0.717) is 19.2 Å². The molecule has 0 amide bonds. The average molecular weight is 348 g/mol. The van der Waals surface area contributed by atoms with Crippen LogP contribution in [0.25, 0.3) is 5.69 Å². The summed E-state index contributed by atoms with van der Waals surface area (Å²) in [7, 11) is 0.715. The maximum Gasteiger partial charge on any atom is 0.431 e. The lowest BCUT2D eigenvalue weighted by Crippen LogP contribution is -2.41. The number of nitrogens with zero attached hydrogens (tertiary/aromatic N) is 3. The molecule has 2 rings (SSSR count). The molecule has 128 valence electrons. The number of anilines is 1. The van der Waals surface area contributed by atoms with Crippen molar-refractivity contribution in [1.82, 2.24) is 9.13 Å². The Morgan fingerprint density at radius 3 is 2.33 bits per heavy atom. The van der Waals surface area contributed by atoms with E-state index in [1.165, 1.54) is 0 Å². The summed E-state index contributed by atoms with van der Waals surface area (Å²) < 4.78 is 52.4. The summed E-state index contributed by atoms with van der Waals surface area (Å²) in [5, 5.41) is 10.8. The maximum atomic E-state index is 14.0. The molecule has 0 fully saturated rings. The number of rotatable bonds is 2. The maximum absolute atomic E-state index is 14.0. The van der Waals surface area contributed by atoms with Crippen molar-refractivity contribution in [3.05, 3.63) is 60.7 Å². The van der Waals surface area contributed by atoms with Crippen LogP contribution in [-0.2, 0) is 13.2 Å². The van der Waals surface area contributed by atoms with Crippen LogP contribution < -0.4 is 17.0 Å². The zero-order valence-corrected chi connectivity index (χ0v) is 11.8. The molecule has 0 spiro atoms. The molecule has 24 heavy (non-hydrogen) atoms. The van der Waals surface area contributed by atoms with E-state index < -0.39 is 50.9 Å². The largest absolute Gasteiger partial charge is 0.431 e. The second-order valence-electron chi connectivity index (χ2n) is 4.63. The zero-order chi connectivity index (χ0) is 18.4. The van der Waals surface area contributed by atoms with Crippen LogP contribution in [0.4, 0.5) is 28.9 Å². The highest BCUT2D eigenvalue weighted by atomic mass is 19.4. The quantitative estimate of drug-likeness (QED) is 0.379. The summed E-state index contributed by atoms with van der Waals surface area (Å²) in [6.07, 6.45) is -5.00. The standard InChI is InChI=1S/C12H8F4N4O4/c1-18-7(12(14,15)16)4-8(21)19(11(18)22)10-5(13)2-3-6(9(10)17)20(23)24/h2-4H,17H2,1H3. The van der Waals surface area contributed by atoms with E-state index in [4.69, 9.17) is 5.73 Å². The lowest BCUT2D eigenvalue weighted by atomic mass is 10.2. The van der Waals surface area contributed by atoms with Gasteiger partial charge in [-0.3, -0.25) is 19.5 Å². The third kappa shape index (κ3) is 2.61. The summed E-state index contributed by atoms with van der Waals surface area (Å²) in [5.41, 5.74) is -1.88. The van der Waals surface area contributed by atoms with Gasteiger partial charge < -0.3 is 5.73 Å². The van der Waals surface area contributed by atoms with Crippen molar-refractivity contribution in [2.24, 2.45) is 7.05 Å². The van der Waals surface area contributed by atoms with E-state index in [2.05, 4.69) is 0 Å². The number of halogens is 4. The number of alkyl halides is 3. The number of nitrogens with two attached hydrogens (primary N) is 1. The molecule has 0 saturated carbocycles. The monoisotopic (exact) mass is 348 g/mol. The molecule has 0 radical (unpaired) electrons. The normalized spacial score (nSPS) is 11.5. The first-order valence-corrected chi connectivity index (χ1v) is 6.09. The number of hydrogen-bond acceptors (Lipinski definition) is 5. The highest BCUT2D eigenvalue weighted by Crippen LogP contribution is 2.30. The van der Waals surface area contributed by atoms with Gasteiger partial charge in [0.2, 0.25) is 0 Å². The molecule has 0 saturated heterocycles. The Balaban J connectivity index is 2.93. The SMILES string of the molecule is Cn1c(C(F)(F)F)cc(=O)n(-c2c(F)ccc([N+](=O)[O-])c2N)c1=O. The van der Waals surface area contributed by atoms with Crippen molar-refractivity contribution in [3.63, 3.8) is 0 Å². The first kappa shape index (κ1) is 17.2. The smallest absolute Gasteiger partial charge is 0.391 e. The van der Waals surface area contributed by atoms with Crippen LogP contribution in [0.2, 0.25) is 0 Å². The highest BCUT2D eigenvalue weighted by molar-refractivity contribution is 5.70. The van der Waals surface area contributed by atoms with Crippen LogP contribution in [0.1, 0.15) is 5.69 Å². The fraction of sp³-hybridized carbons (Fsp3) is 0.167. The van der Waals surface area contributed by atoms with Crippen LogP contribution >= 0.6 is 0 Å². The van der Waals surface area contributed by atoms with E-state index >= 15 is 0 Å². The van der Waals surface area contributed by atoms with E-state index in [-0.39, 0.29) is 15.2 Å². The van der Waals surface area contributed by atoms with Crippen molar-refractivity contribution >= 4 is 11.4 Å². The fourth-order valence-electron chi connectivity index (χ4n) is 2.06. The van der Waals surface area contributed by atoms with Crippen LogP contribution in [0, 0.1) is 15.9 Å². The first-order valence-electron chi connectivity index (χ1n) is 6.09. The lowest BCUT2D eigenvalue weighted by molar-refractivity contribution is -0.383. The van der Waals surface area contributed by atoms with Crippen molar-refractivity contribution in [2.45, 2.75) is 6.18 Å². The molecule has 0 atom stereocenters. The summed E-state index contributed by atoms with van der Waals surface area (Å²) in [5.74, 6) is -1.28. The molecule has 2 aromatic rings. The van der Waals surface area contributed by atoms with E-state index in [1.54, 1.807) is 0 Å². The zero-order valence-electron chi connectivity index (χ0n) is 11.8. The molecule has 0 aliphatic heterocycles. The molecule has 0 bridgehead atoms. The predicted octanol–water partition coefficient (Wildman–Crippen LogP) is 1.18. The first-order chi connectivity index (χ1) is 11.0. The number of nitrogen functional groups attached to an aromatic ring is 1. The molecule has 0 aliphatic rings. The second kappa shape index (κ2) is 5.47. The van der Waals surface area contributed by atoms with Gasteiger partial charge >= 0.3 is 11.9 Å². The lowest BCUT2D eigenvalue weighted by Gasteiger charge is -2.15. The van der Waals surface area contributed by atoms with Crippen LogP contribution in [-0.4, -0.2) is 14.1 Å². The molecular formula is C12H8F4N4O4. The summed E-state index contributed by atoms with van der Waals surface area (Å²) in [6.45, 7) is 0. The van der Waals surface area contributed by atoms with Crippen LogP contribution in [0.15, 0.2) is 27.8 Å². The second-order valence-corrected chi connectivity index (χ2v) is 4.63. The van der Waals surface area contributed by atoms with E-state index in [9.17, 15) is 37.3 Å². The Morgan fingerprint density at radius 2 is 1.83 bits per heavy atom. The predicted molar refractivity (Wildman–Crippen MR) is 73.3 cm³/mol. The third-order valence-corrected chi connectivity index (χ3v) is 3.18. The van der Waals surface area contributed by atoms with Crippen molar-refractivity contribution in [2.75, 3.05) is 5.73 Å². The van der Waals surface area contributed by atoms with Crippen molar-refractivity contribution in [1.29, 1.82) is 0 Å². The van der Waals surface area contributed by atoms with Gasteiger partial charge in [0, 0.05) is 19.2 Å². The molecule has 12 heteroatoms. The average Bonchev–Trinajstić information content (AvgIpc) is 2.44. The number of aromatic nitrogens is 2. The van der Waals surface area contributed by atoms with Gasteiger partial charge in [-0.2, -0.15) is 13.2 Å². The van der Waals surface area contributed by atoms with Gasteiger partial charge in [-0.1, -0.05) is 0 Å². The Bertz CT molecular complexity index is 961. The molecule has 1 aromatic heterocycles. The van der Waals surface area contributed by atoms with Gasteiger partial charge in [-0.15, -0.1) is 0 Å². The molecule has 1 heterocycles. The van der Waals surface area contributed by atoms with Gasteiger partial charge in [0.05, 0.1) is 4.92 Å². The number of benzene rings is 1. The Morgan fingerprint density at radius 1 is 1.25 bits per heavy atom. The molecular weight excluding hydrogens is 340 g/mol.